The number of halogens is 3. The maximum atomic E-state index is 12.9. The van der Waals surface area contributed by atoms with Crippen molar-refractivity contribution >= 4 is 21.4 Å². The lowest BCUT2D eigenvalue weighted by Gasteiger charge is -2.31. The summed E-state index contributed by atoms with van der Waals surface area (Å²) in [5.74, 6) is 0. The molecule has 1 N–H and O–H groups in total. The van der Waals surface area contributed by atoms with Crippen molar-refractivity contribution in [1.82, 2.24) is 5.32 Å². The average molecular weight is 340 g/mol. The van der Waals surface area contributed by atoms with Crippen molar-refractivity contribution < 1.29 is 17.2 Å². The van der Waals surface area contributed by atoms with E-state index in [0.29, 0.717) is 6.54 Å². The van der Waals surface area contributed by atoms with E-state index < -0.39 is 27.7 Å². The van der Waals surface area contributed by atoms with E-state index in [1.54, 1.807) is 13.0 Å². The first kappa shape index (κ1) is 18.3. The van der Waals surface area contributed by atoms with E-state index in [9.17, 15) is 17.2 Å². The third-order valence-corrected chi connectivity index (χ3v) is 5.27. The van der Waals surface area contributed by atoms with E-state index in [-0.39, 0.29) is 9.92 Å². The molecule has 7 heteroatoms. The van der Waals surface area contributed by atoms with Gasteiger partial charge in [0.15, 0.2) is 9.84 Å². The number of hydrogen-bond donors (Lipinski definition) is 1. The van der Waals surface area contributed by atoms with E-state index in [2.05, 4.69) is 5.32 Å². The molecule has 1 unspecified atom stereocenters. The van der Waals surface area contributed by atoms with E-state index in [1.807, 2.05) is 0 Å². The number of benzene rings is 1. The molecule has 0 heterocycles. The molecule has 0 aliphatic heterocycles. The van der Waals surface area contributed by atoms with Gasteiger partial charge in [-0.1, -0.05) is 31.5 Å². The van der Waals surface area contributed by atoms with Gasteiger partial charge >= 0.3 is 0 Å². The van der Waals surface area contributed by atoms with Gasteiger partial charge in [0, 0.05) is 24.3 Å². The molecule has 1 aromatic carbocycles. The smallest absolute Gasteiger partial charge is 0.245 e. The molecule has 0 aromatic heterocycles. The summed E-state index contributed by atoms with van der Waals surface area (Å²) in [4.78, 5) is 0.0638. The fourth-order valence-corrected chi connectivity index (χ4v) is 3.03. The van der Waals surface area contributed by atoms with Crippen molar-refractivity contribution in [2.75, 3.05) is 6.26 Å². The first-order valence-electron chi connectivity index (χ1n) is 6.46. The van der Waals surface area contributed by atoms with Crippen LogP contribution in [0.5, 0.6) is 0 Å². The maximum absolute atomic E-state index is 12.9. The molecular weight excluding hydrogens is 320 g/mol. The Balaban J connectivity index is 2.80. The van der Waals surface area contributed by atoms with Crippen LogP contribution in [0, 0.1) is 5.41 Å². The average Bonchev–Trinajstić information content (AvgIpc) is 2.34. The van der Waals surface area contributed by atoms with E-state index >= 15 is 0 Å². The third kappa shape index (κ3) is 4.63. The molecule has 0 radical (unpaired) electrons. The zero-order valence-electron chi connectivity index (χ0n) is 12.5. The maximum Gasteiger partial charge on any atom is 0.245 e. The minimum Gasteiger partial charge on any atom is -0.309 e. The topological polar surface area (TPSA) is 46.2 Å². The Bertz CT molecular complexity index is 603. The second-order valence-electron chi connectivity index (χ2n) is 5.76. The molecule has 3 nitrogen and oxygen atoms in total. The Kier molecular flexibility index (Phi) is 5.75. The monoisotopic (exact) mass is 339 g/mol. The summed E-state index contributed by atoms with van der Waals surface area (Å²) >= 11 is 5.94. The molecule has 21 heavy (non-hydrogen) atoms. The van der Waals surface area contributed by atoms with Crippen LogP contribution in [-0.4, -0.2) is 27.1 Å². The predicted molar refractivity (Wildman–Crippen MR) is 80.6 cm³/mol. The van der Waals surface area contributed by atoms with Crippen molar-refractivity contribution in [1.29, 1.82) is 0 Å². The third-order valence-electron chi connectivity index (χ3n) is 3.69. The molecule has 1 atom stereocenters. The Hall–Kier alpha value is -0.720. The summed E-state index contributed by atoms with van der Waals surface area (Å²) in [5.41, 5.74) is -0.416. The van der Waals surface area contributed by atoms with Gasteiger partial charge in [0.1, 0.15) is 0 Å². The van der Waals surface area contributed by atoms with Crippen LogP contribution < -0.4 is 5.32 Å². The number of sulfone groups is 1. The molecule has 0 saturated carbocycles. The second kappa shape index (κ2) is 6.58. The molecule has 0 saturated heterocycles. The molecule has 0 amide bonds. The molecule has 1 aromatic rings. The van der Waals surface area contributed by atoms with Gasteiger partial charge in [0.2, 0.25) is 6.43 Å². The highest BCUT2D eigenvalue weighted by Crippen LogP contribution is 2.29. The number of nitrogens with one attached hydrogen (secondary N) is 1. The number of alkyl halides is 2. The zero-order valence-corrected chi connectivity index (χ0v) is 14.0. The summed E-state index contributed by atoms with van der Waals surface area (Å²) in [6.45, 7) is 5.02. The Labute approximate surface area is 129 Å². The van der Waals surface area contributed by atoms with Gasteiger partial charge in [-0.15, -0.1) is 0 Å². The summed E-state index contributed by atoms with van der Waals surface area (Å²) in [6, 6.07) is 4.17. The summed E-state index contributed by atoms with van der Waals surface area (Å²) in [5, 5.41) is 3.15. The largest absolute Gasteiger partial charge is 0.309 e. The molecule has 0 bridgehead atoms. The summed E-state index contributed by atoms with van der Waals surface area (Å²) < 4.78 is 48.7. The standard InChI is InChI=1S/C14H20ClF2NO2S/c1-9(14(2,3)13(16)17)18-8-10-5-6-12(11(15)7-10)21(4,19)20/h5-7,9,13,18H,8H2,1-4H3. The van der Waals surface area contributed by atoms with Gasteiger partial charge < -0.3 is 5.32 Å². The fraction of sp³-hybridized carbons (Fsp3) is 0.571. The highest BCUT2D eigenvalue weighted by Gasteiger charge is 2.35. The zero-order chi connectivity index (χ0) is 16.4. The summed E-state index contributed by atoms with van der Waals surface area (Å²) in [7, 11) is -3.37. The van der Waals surface area contributed by atoms with E-state index in [1.165, 1.54) is 26.0 Å². The van der Waals surface area contributed by atoms with Gasteiger partial charge in [-0.25, -0.2) is 17.2 Å². The van der Waals surface area contributed by atoms with Crippen LogP contribution in [-0.2, 0) is 16.4 Å². The van der Waals surface area contributed by atoms with Crippen LogP contribution in [0.15, 0.2) is 23.1 Å². The van der Waals surface area contributed by atoms with Crippen molar-refractivity contribution in [3.63, 3.8) is 0 Å². The molecule has 0 spiro atoms. The molecular formula is C14H20ClF2NO2S. The van der Waals surface area contributed by atoms with Crippen molar-refractivity contribution in [3.8, 4) is 0 Å². The Morgan fingerprint density at radius 1 is 1.33 bits per heavy atom. The number of rotatable bonds is 6. The lowest BCUT2D eigenvalue weighted by Crippen LogP contribution is -2.43. The highest BCUT2D eigenvalue weighted by atomic mass is 35.5. The Morgan fingerprint density at radius 3 is 2.33 bits per heavy atom. The van der Waals surface area contributed by atoms with Gasteiger partial charge in [0.25, 0.3) is 0 Å². The molecule has 0 fully saturated rings. The fourth-order valence-electron chi connectivity index (χ4n) is 1.68. The lowest BCUT2D eigenvalue weighted by molar-refractivity contribution is -0.00260. The van der Waals surface area contributed by atoms with Gasteiger partial charge in [-0.3, -0.25) is 0 Å². The highest BCUT2D eigenvalue weighted by molar-refractivity contribution is 7.90. The van der Waals surface area contributed by atoms with Crippen molar-refractivity contribution in [3.05, 3.63) is 28.8 Å². The van der Waals surface area contributed by atoms with Crippen LogP contribution in [0.4, 0.5) is 8.78 Å². The normalized spacial score (nSPS) is 14.5. The molecule has 120 valence electrons. The van der Waals surface area contributed by atoms with Crippen molar-refractivity contribution in [2.24, 2.45) is 5.41 Å². The quantitative estimate of drug-likeness (QED) is 0.862. The molecule has 0 aliphatic carbocycles. The first-order chi connectivity index (χ1) is 9.46. The van der Waals surface area contributed by atoms with Gasteiger partial charge in [-0.2, -0.15) is 0 Å². The Morgan fingerprint density at radius 2 is 1.90 bits per heavy atom. The molecule has 1 rings (SSSR count). The minimum absolute atomic E-state index is 0.0638. The molecule has 0 aliphatic rings. The first-order valence-corrected chi connectivity index (χ1v) is 8.73. The van der Waals surface area contributed by atoms with Gasteiger partial charge in [0.05, 0.1) is 9.92 Å². The lowest BCUT2D eigenvalue weighted by atomic mass is 9.86. The van der Waals surface area contributed by atoms with Crippen molar-refractivity contribution in [2.45, 2.75) is 44.7 Å². The van der Waals surface area contributed by atoms with Crippen LogP contribution in [0.25, 0.3) is 0 Å². The predicted octanol–water partition coefficient (Wildman–Crippen LogP) is 3.51. The van der Waals surface area contributed by atoms with Crippen LogP contribution in [0.3, 0.4) is 0 Å². The minimum atomic E-state index is -3.37. The summed E-state index contributed by atoms with van der Waals surface area (Å²) in [6.07, 6.45) is -1.35. The SMILES string of the molecule is CC(NCc1ccc(S(C)(=O)=O)c(Cl)c1)C(C)(C)C(F)F. The van der Waals surface area contributed by atoms with E-state index in [0.717, 1.165) is 11.8 Å². The second-order valence-corrected chi connectivity index (χ2v) is 8.15. The number of hydrogen-bond acceptors (Lipinski definition) is 3. The van der Waals surface area contributed by atoms with Crippen LogP contribution in [0.2, 0.25) is 5.02 Å². The van der Waals surface area contributed by atoms with Crippen LogP contribution >= 0.6 is 11.6 Å². The van der Waals surface area contributed by atoms with Gasteiger partial charge in [-0.05, 0) is 24.6 Å². The van der Waals surface area contributed by atoms with Crippen LogP contribution in [0.1, 0.15) is 26.3 Å². The van der Waals surface area contributed by atoms with E-state index in [4.69, 9.17) is 11.6 Å².